The predicted octanol–water partition coefficient (Wildman–Crippen LogP) is 0.677. The number of nitrogens with one attached hydrogen (secondary N) is 1. The van der Waals surface area contributed by atoms with Gasteiger partial charge in [0.2, 0.25) is 10.0 Å². The molecule has 4 atom stereocenters. The third-order valence-corrected chi connectivity index (χ3v) is 6.89. The van der Waals surface area contributed by atoms with E-state index in [0.29, 0.717) is 18.0 Å². The Balaban J connectivity index is 1.67. The van der Waals surface area contributed by atoms with Crippen molar-refractivity contribution < 1.29 is 23.4 Å². The van der Waals surface area contributed by atoms with Crippen LogP contribution in [0.1, 0.15) is 5.69 Å². The highest BCUT2D eigenvalue weighted by Crippen LogP contribution is 2.25. The second-order valence-electron chi connectivity index (χ2n) is 7.23. The predicted molar refractivity (Wildman–Crippen MR) is 113 cm³/mol. The Kier molecular flexibility index (Phi) is 7.81. The number of benzene rings is 1. The summed E-state index contributed by atoms with van der Waals surface area (Å²) in [6, 6.07) is 11.0. The summed E-state index contributed by atoms with van der Waals surface area (Å²) in [6.07, 6.45) is 0.0195. The first-order valence-electron chi connectivity index (χ1n) is 9.61. The number of pyridine rings is 1. The fourth-order valence-corrected chi connectivity index (χ4v) is 4.74. The maximum Gasteiger partial charge on any atom is 0.240 e. The molecule has 1 fully saturated rings. The van der Waals surface area contributed by atoms with E-state index >= 15 is 0 Å². The van der Waals surface area contributed by atoms with Gasteiger partial charge in [0.05, 0.1) is 23.6 Å². The molecule has 0 amide bonds. The lowest BCUT2D eigenvalue weighted by Gasteiger charge is -2.30. The standard InChI is InChI=1S/C20H26ClN3O5S/c1-24(11-9-15-4-2-3-10-22-15)19-17(29-18(13-25)20(19)26)12-23-30(27,28)16-7-5-14(21)6-8-16/h2-8,10,17-20,23,25-26H,9,11-13H2,1H3/t17-,18+,19+,20-/m1/s1. The minimum absolute atomic E-state index is 0.0445. The van der Waals surface area contributed by atoms with Crippen molar-refractivity contribution in [1.29, 1.82) is 0 Å². The average Bonchev–Trinajstić information content (AvgIpc) is 3.07. The van der Waals surface area contributed by atoms with Crippen molar-refractivity contribution >= 4 is 21.6 Å². The Hall–Kier alpha value is -1.59. The fraction of sp³-hybridized carbons (Fsp3) is 0.450. The summed E-state index contributed by atoms with van der Waals surface area (Å²) < 4.78 is 33.4. The smallest absolute Gasteiger partial charge is 0.240 e. The first-order valence-corrected chi connectivity index (χ1v) is 11.5. The van der Waals surface area contributed by atoms with Gasteiger partial charge in [-0.05, 0) is 43.4 Å². The van der Waals surface area contributed by atoms with E-state index in [1.54, 1.807) is 6.20 Å². The molecule has 0 unspecified atom stereocenters. The zero-order valence-corrected chi connectivity index (χ0v) is 18.1. The van der Waals surface area contributed by atoms with Crippen LogP contribution in [0.2, 0.25) is 5.02 Å². The number of nitrogens with zero attached hydrogens (tertiary/aromatic N) is 2. The van der Waals surface area contributed by atoms with Crippen LogP contribution in [0, 0.1) is 0 Å². The molecular formula is C20H26ClN3O5S. The zero-order valence-electron chi connectivity index (χ0n) is 16.6. The Bertz CT molecular complexity index is 914. The van der Waals surface area contributed by atoms with Gasteiger partial charge in [-0.2, -0.15) is 0 Å². The summed E-state index contributed by atoms with van der Waals surface area (Å²) in [5.41, 5.74) is 0.913. The minimum Gasteiger partial charge on any atom is -0.394 e. The quantitative estimate of drug-likeness (QED) is 0.509. The summed E-state index contributed by atoms with van der Waals surface area (Å²) in [5, 5.41) is 20.6. The summed E-state index contributed by atoms with van der Waals surface area (Å²) in [6.45, 7) is 0.185. The maximum atomic E-state index is 12.6. The number of ether oxygens (including phenoxy) is 1. The Morgan fingerprint density at radius 2 is 1.93 bits per heavy atom. The SMILES string of the molecule is CN(CCc1ccccn1)[C@@H]1[C@H](O)[C@H](CO)O[C@@H]1CNS(=O)(=O)c1ccc(Cl)cc1. The van der Waals surface area contributed by atoms with Gasteiger partial charge in [-0.1, -0.05) is 17.7 Å². The highest BCUT2D eigenvalue weighted by molar-refractivity contribution is 7.89. The number of hydrogen-bond donors (Lipinski definition) is 3. The number of aliphatic hydroxyl groups excluding tert-OH is 2. The van der Waals surface area contributed by atoms with Gasteiger partial charge in [0.1, 0.15) is 12.2 Å². The van der Waals surface area contributed by atoms with Crippen LogP contribution in [0.15, 0.2) is 53.6 Å². The van der Waals surface area contributed by atoms with Gasteiger partial charge in [-0.15, -0.1) is 0 Å². The molecule has 1 aromatic carbocycles. The lowest BCUT2D eigenvalue weighted by molar-refractivity contribution is -0.0201. The van der Waals surface area contributed by atoms with Crippen molar-refractivity contribution in [2.24, 2.45) is 0 Å². The van der Waals surface area contributed by atoms with Crippen molar-refractivity contribution in [3.8, 4) is 0 Å². The summed E-state index contributed by atoms with van der Waals surface area (Å²) >= 11 is 5.82. The molecule has 0 bridgehead atoms. The van der Waals surface area contributed by atoms with Gasteiger partial charge >= 0.3 is 0 Å². The molecule has 0 aliphatic carbocycles. The zero-order chi connectivity index (χ0) is 21.7. The Morgan fingerprint density at radius 3 is 2.57 bits per heavy atom. The Labute approximate surface area is 181 Å². The molecule has 3 N–H and O–H groups in total. The number of aromatic nitrogens is 1. The van der Waals surface area contributed by atoms with Gasteiger partial charge < -0.3 is 14.9 Å². The van der Waals surface area contributed by atoms with Crippen LogP contribution in [0.25, 0.3) is 0 Å². The molecule has 8 nitrogen and oxygen atoms in total. The van der Waals surface area contributed by atoms with E-state index in [4.69, 9.17) is 16.3 Å². The molecule has 1 aliphatic rings. The second kappa shape index (κ2) is 10.1. The van der Waals surface area contributed by atoms with Crippen molar-refractivity contribution in [1.82, 2.24) is 14.6 Å². The van der Waals surface area contributed by atoms with E-state index in [0.717, 1.165) is 5.69 Å². The second-order valence-corrected chi connectivity index (χ2v) is 9.44. The molecule has 1 aromatic heterocycles. The molecular weight excluding hydrogens is 430 g/mol. The number of rotatable bonds is 9. The van der Waals surface area contributed by atoms with Crippen molar-refractivity contribution in [2.45, 2.75) is 35.7 Å². The lowest BCUT2D eigenvalue weighted by atomic mass is 10.0. The van der Waals surface area contributed by atoms with E-state index in [1.165, 1.54) is 24.3 Å². The largest absolute Gasteiger partial charge is 0.394 e. The highest BCUT2D eigenvalue weighted by Gasteiger charge is 2.45. The molecule has 10 heteroatoms. The van der Waals surface area contributed by atoms with Crippen molar-refractivity contribution in [2.75, 3.05) is 26.7 Å². The average molecular weight is 456 g/mol. The topological polar surface area (TPSA) is 112 Å². The Morgan fingerprint density at radius 1 is 1.20 bits per heavy atom. The molecule has 0 spiro atoms. The van der Waals surface area contributed by atoms with E-state index in [2.05, 4.69) is 9.71 Å². The van der Waals surface area contributed by atoms with Crippen molar-refractivity contribution in [3.05, 3.63) is 59.4 Å². The fourth-order valence-electron chi connectivity index (χ4n) is 3.56. The van der Waals surface area contributed by atoms with E-state index in [9.17, 15) is 18.6 Å². The van der Waals surface area contributed by atoms with E-state index < -0.39 is 34.4 Å². The van der Waals surface area contributed by atoms with Gasteiger partial charge in [0, 0.05) is 36.4 Å². The molecule has 2 heterocycles. The van der Waals surface area contributed by atoms with Crippen LogP contribution in [0.5, 0.6) is 0 Å². The normalized spacial score (nSPS) is 24.4. The van der Waals surface area contributed by atoms with Gasteiger partial charge in [0.15, 0.2) is 0 Å². The summed E-state index contributed by atoms with van der Waals surface area (Å²) in [4.78, 5) is 6.29. The summed E-state index contributed by atoms with van der Waals surface area (Å²) in [7, 11) is -1.94. The molecule has 1 aliphatic heterocycles. The third kappa shape index (κ3) is 5.55. The number of halogens is 1. The minimum atomic E-state index is -3.77. The number of sulfonamides is 1. The molecule has 2 aromatic rings. The van der Waals surface area contributed by atoms with Crippen LogP contribution >= 0.6 is 11.6 Å². The number of aliphatic hydroxyl groups is 2. The van der Waals surface area contributed by atoms with Crippen LogP contribution in [-0.2, 0) is 21.2 Å². The molecule has 30 heavy (non-hydrogen) atoms. The lowest BCUT2D eigenvalue weighted by Crippen LogP contribution is -2.50. The van der Waals surface area contributed by atoms with Crippen LogP contribution in [-0.4, -0.2) is 79.6 Å². The van der Waals surface area contributed by atoms with Gasteiger partial charge in [-0.3, -0.25) is 9.88 Å². The van der Waals surface area contributed by atoms with E-state index in [-0.39, 0.29) is 18.0 Å². The van der Waals surface area contributed by atoms with Gasteiger partial charge in [0.25, 0.3) is 0 Å². The molecule has 0 radical (unpaired) electrons. The third-order valence-electron chi connectivity index (χ3n) is 5.20. The first-order chi connectivity index (χ1) is 14.3. The number of likely N-dealkylation sites (N-methyl/N-ethyl adjacent to an activating group) is 1. The molecule has 0 saturated carbocycles. The monoisotopic (exact) mass is 455 g/mol. The molecule has 1 saturated heterocycles. The van der Waals surface area contributed by atoms with Crippen LogP contribution in [0.3, 0.4) is 0 Å². The molecule has 164 valence electrons. The first kappa shape index (κ1) is 23.1. The van der Waals surface area contributed by atoms with Crippen molar-refractivity contribution in [3.63, 3.8) is 0 Å². The number of hydrogen-bond acceptors (Lipinski definition) is 7. The van der Waals surface area contributed by atoms with E-state index in [1.807, 2.05) is 30.1 Å². The maximum absolute atomic E-state index is 12.6. The molecule has 3 rings (SSSR count). The summed E-state index contributed by atoms with van der Waals surface area (Å²) in [5.74, 6) is 0. The van der Waals surface area contributed by atoms with Crippen LogP contribution in [0.4, 0.5) is 0 Å². The van der Waals surface area contributed by atoms with Gasteiger partial charge in [-0.25, -0.2) is 13.1 Å². The van der Waals surface area contributed by atoms with Crippen LogP contribution < -0.4 is 4.72 Å². The highest BCUT2D eigenvalue weighted by atomic mass is 35.5.